The molecule has 0 heterocycles. The molecular weight excluding hydrogens is 192 g/mol. The molecule has 15 heavy (non-hydrogen) atoms. The maximum Gasteiger partial charge on any atom is 0.303 e. The number of aryl methyl sites for hydroxylation is 1. The van der Waals surface area contributed by atoms with Gasteiger partial charge in [-0.2, -0.15) is 0 Å². The van der Waals surface area contributed by atoms with E-state index in [2.05, 4.69) is 0 Å². The molecule has 0 amide bonds. The van der Waals surface area contributed by atoms with Gasteiger partial charge in [0.25, 0.3) is 0 Å². The maximum absolute atomic E-state index is 11.6. The molecule has 0 fully saturated rings. The van der Waals surface area contributed by atoms with Crippen LogP contribution in [0.25, 0.3) is 0 Å². The van der Waals surface area contributed by atoms with Crippen molar-refractivity contribution in [1.29, 1.82) is 0 Å². The van der Waals surface area contributed by atoms with E-state index < -0.39 is 12.1 Å². The molecule has 0 spiro atoms. The molecule has 1 aliphatic rings. The second-order valence-electron chi connectivity index (χ2n) is 3.65. The smallest absolute Gasteiger partial charge is 0.303 e. The van der Waals surface area contributed by atoms with Crippen LogP contribution in [0.3, 0.4) is 0 Å². The van der Waals surface area contributed by atoms with Crippen molar-refractivity contribution in [1.82, 2.24) is 0 Å². The first-order valence-corrected chi connectivity index (χ1v) is 4.96. The van der Waals surface area contributed by atoms with Gasteiger partial charge in [0.05, 0.1) is 0 Å². The van der Waals surface area contributed by atoms with Crippen LogP contribution in [0.1, 0.15) is 30.6 Å². The Labute approximate surface area is 88.1 Å². The van der Waals surface area contributed by atoms with Gasteiger partial charge in [0.15, 0.2) is 11.9 Å². The van der Waals surface area contributed by atoms with Crippen LogP contribution >= 0.6 is 0 Å². The summed E-state index contributed by atoms with van der Waals surface area (Å²) in [6, 6.07) is 7.60. The van der Waals surface area contributed by atoms with E-state index in [1.54, 1.807) is 0 Å². The van der Waals surface area contributed by atoms with Gasteiger partial charge in [-0.3, -0.25) is 9.59 Å². The molecule has 1 unspecified atom stereocenters. The van der Waals surface area contributed by atoms with Gasteiger partial charge >= 0.3 is 5.97 Å². The Kier molecular flexibility index (Phi) is 2.54. The van der Waals surface area contributed by atoms with Gasteiger partial charge in [-0.15, -0.1) is 0 Å². The van der Waals surface area contributed by atoms with E-state index >= 15 is 0 Å². The van der Waals surface area contributed by atoms with E-state index in [4.69, 9.17) is 4.74 Å². The van der Waals surface area contributed by atoms with E-state index in [0.717, 1.165) is 17.5 Å². The number of benzene rings is 1. The molecular formula is C12H12O3. The first-order valence-electron chi connectivity index (χ1n) is 4.96. The highest BCUT2D eigenvalue weighted by atomic mass is 16.5. The normalized spacial score (nSPS) is 19.5. The van der Waals surface area contributed by atoms with Crippen molar-refractivity contribution in [3.8, 4) is 0 Å². The molecule has 3 nitrogen and oxygen atoms in total. The number of esters is 1. The molecule has 78 valence electrons. The van der Waals surface area contributed by atoms with Crippen LogP contribution in [0.5, 0.6) is 0 Å². The van der Waals surface area contributed by atoms with Gasteiger partial charge < -0.3 is 4.74 Å². The number of hydrogen-bond acceptors (Lipinski definition) is 3. The number of carbonyl (C=O) groups excluding carboxylic acids is 2. The molecule has 1 aromatic carbocycles. The minimum atomic E-state index is -0.688. The molecule has 1 aromatic rings. The molecule has 1 aliphatic carbocycles. The predicted octanol–water partition coefficient (Wildman–Crippen LogP) is 1.81. The van der Waals surface area contributed by atoms with Crippen molar-refractivity contribution in [2.24, 2.45) is 0 Å². The van der Waals surface area contributed by atoms with Gasteiger partial charge in [-0.05, 0) is 12.0 Å². The van der Waals surface area contributed by atoms with Gasteiger partial charge in [0.2, 0.25) is 0 Å². The fourth-order valence-electron chi connectivity index (χ4n) is 1.88. The first-order chi connectivity index (χ1) is 7.18. The van der Waals surface area contributed by atoms with Gasteiger partial charge in [0, 0.05) is 18.9 Å². The zero-order chi connectivity index (χ0) is 10.8. The zero-order valence-electron chi connectivity index (χ0n) is 8.53. The number of hydrogen-bond donors (Lipinski definition) is 0. The average molecular weight is 204 g/mol. The quantitative estimate of drug-likeness (QED) is 0.655. The van der Waals surface area contributed by atoms with E-state index in [1.807, 2.05) is 24.3 Å². The molecule has 0 aromatic heterocycles. The zero-order valence-corrected chi connectivity index (χ0v) is 8.53. The average Bonchev–Trinajstić information content (AvgIpc) is 2.22. The Morgan fingerprint density at radius 1 is 1.33 bits per heavy atom. The van der Waals surface area contributed by atoms with Gasteiger partial charge in [0.1, 0.15) is 0 Å². The largest absolute Gasteiger partial charge is 0.450 e. The van der Waals surface area contributed by atoms with Crippen LogP contribution in [-0.2, 0) is 20.7 Å². The van der Waals surface area contributed by atoms with Gasteiger partial charge in [-0.1, -0.05) is 24.3 Å². The standard InChI is InChI=1S/C12H12O3/c1-8(13)15-12-10-5-3-2-4-9(10)6-7-11(12)14/h2-5,12H,6-7H2,1H3. The minimum Gasteiger partial charge on any atom is -0.450 e. The number of carbonyl (C=O) groups is 2. The fraction of sp³-hybridized carbons (Fsp3) is 0.333. The molecule has 0 radical (unpaired) electrons. The fourth-order valence-corrected chi connectivity index (χ4v) is 1.88. The van der Waals surface area contributed by atoms with E-state index in [9.17, 15) is 9.59 Å². The summed E-state index contributed by atoms with van der Waals surface area (Å²) in [5.74, 6) is -0.422. The van der Waals surface area contributed by atoms with E-state index in [1.165, 1.54) is 6.92 Å². The Morgan fingerprint density at radius 3 is 2.80 bits per heavy atom. The Bertz CT molecular complexity index is 409. The number of ketones is 1. The van der Waals surface area contributed by atoms with Crippen molar-refractivity contribution >= 4 is 11.8 Å². The number of fused-ring (bicyclic) bond motifs is 1. The first kappa shape index (κ1) is 9.90. The number of ether oxygens (including phenoxy) is 1. The predicted molar refractivity (Wildman–Crippen MR) is 54.3 cm³/mol. The molecule has 2 rings (SSSR count). The molecule has 0 N–H and O–H groups in total. The highest BCUT2D eigenvalue weighted by Crippen LogP contribution is 2.29. The topological polar surface area (TPSA) is 43.4 Å². The summed E-state index contributed by atoms with van der Waals surface area (Å²) in [6.45, 7) is 1.32. The summed E-state index contributed by atoms with van der Waals surface area (Å²) in [7, 11) is 0. The molecule has 0 bridgehead atoms. The highest BCUT2D eigenvalue weighted by molar-refractivity contribution is 5.88. The minimum absolute atomic E-state index is 0.0103. The summed E-state index contributed by atoms with van der Waals surface area (Å²) < 4.78 is 5.04. The van der Waals surface area contributed by atoms with Gasteiger partial charge in [-0.25, -0.2) is 0 Å². The van der Waals surface area contributed by atoms with E-state index in [0.29, 0.717) is 6.42 Å². The van der Waals surface area contributed by atoms with E-state index in [-0.39, 0.29) is 5.78 Å². The Hall–Kier alpha value is -1.64. The van der Waals surface area contributed by atoms with Crippen LogP contribution in [0.15, 0.2) is 24.3 Å². The molecule has 0 saturated heterocycles. The third-order valence-corrected chi connectivity index (χ3v) is 2.55. The summed E-state index contributed by atoms with van der Waals surface area (Å²) in [6.07, 6.45) is 0.509. The summed E-state index contributed by atoms with van der Waals surface area (Å²) in [4.78, 5) is 22.5. The van der Waals surface area contributed by atoms with Crippen LogP contribution < -0.4 is 0 Å². The second kappa shape index (κ2) is 3.85. The summed E-state index contributed by atoms with van der Waals surface area (Å²) >= 11 is 0. The third-order valence-electron chi connectivity index (χ3n) is 2.55. The number of Topliss-reactive ketones (excluding diaryl/α,β-unsaturated/α-hetero) is 1. The third kappa shape index (κ3) is 1.91. The van der Waals surface area contributed by atoms with Crippen molar-refractivity contribution in [2.75, 3.05) is 0 Å². The lowest BCUT2D eigenvalue weighted by atomic mass is 9.88. The van der Waals surface area contributed by atoms with Crippen molar-refractivity contribution in [2.45, 2.75) is 25.9 Å². The molecule has 0 saturated carbocycles. The van der Waals surface area contributed by atoms with Crippen LogP contribution in [0, 0.1) is 0 Å². The SMILES string of the molecule is CC(=O)OC1C(=O)CCc2ccccc21. The monoisotopic (exact) mass is 204 g/mol. The number of rotatable bonds is 1. The van der Waals surface area contributed by atoms with Crippen LogP contribution in [0.2, 0.25) is 0 Å². The van der Waals surface area contributed by atoms with Crippen molar-refractivity contribution in [3.63, 3.8) is 0 Å². The van der Waals surface area contributed by atoms with Crippen molar-refractivity contribution in [3.05, 3.63) is 35.4 Å². The van der Waals surface area contributed by atoms with Crippen LogP contribution in [0.4, 0.5) is 0 Å². The lowest BCUT2D eigenvalue weighted by Crippen LogP contribution is -2.24. The van der Waals surface area contributed by atoms with Crippen LogP contribution in [-0.4, -0.2) is 11.8 Å². The second-order valence-corrected chi connectivity index (χ2v) is 3.65. The summed E-state index contributed by atoms with van der Waals surface area (Å²) in [5, 5.41) is 0. The lowest BCUT2D eigenvalue weighted by molar-refractivity contribution is -0.154. The Balaban J connectivity index is 2.37. The molecule has 3 heteroatoms. The molecule has 1 atom stereocenters. The maximum atomic E-state index is 11.6. The van der Waals surface area contributed by atoms with Crippen molar-refractivity contribution < 1.29 is 14.3 Å². The Morgan fingerprint density at radius 2 is 2.07 bits per heavy atom. The lowest BCUT2D eigenvalue weighted by Gasteiger charge is -2.23. The summed E-state index contributed by atoms with van der Waals surface area (Å²) in [5.41, 5.74) is 1.94. The highest BCUT2D eigenvalue weighted by Gasteiger charge is 2.29. The molecule has 0 aliphatic heterocycles.